The molecule has 1 heterocycles. The van der Waals surface area contributed by atoms with Gasteiger partial charge in [0.15, 0.2) is 0 Å². The molecule has 0 spiro atoms. The molecule has 0 saturated carbocycles. The highest BCUT2D eigenvalue weighted by Gasteiger charge is 2.47. The van der Waals surface area contributed by atoms with Gasteiger partial charge < -0.3 is 33.2 Å². The average molecular weight is 409 g/mol. The molecule has 5 atom stereocenters. The van der Waals surface area contributed by atoms with Gasteiger partial charge in [-0.05, 0) is 11.1 Å². The summed E-state index contributed by atoms with van der Waals surface area (Å²) in [5, 5.41) is 3.61. The fourth-order valence-corrected chi connectivity index (χ4v) is 3.19. The van der Waals surface area contributed by atoms with Crippen LogP contribution in [0.25, 0.3) is 10.4 Å². The molecule has 29 heavy (non-hydrogen) atoms. The van der Waals surface area contributed by atoms with Crippen LogP contribution in [0.4, 0.5) is 0 Å². The maximum absolute atomic E-state index is 11.2. The summed E-state index contributed by atoms with van der Waals surface area (Å²) in [6.45, 7) is 0.295. The van der Waals surface area contributed by atoms with Crippen molar-refractivity contribution in [1.82, 2.24) is 0 Å². The number of carbonyl (C=O) groups excluding carboxylic acids is 1. The molecule has 1 aromatic carbocycles. The molecule has 1 aliphatic heterocycles. The van der Waals surface area contributed by atoms with E-state index in [0.717, 1.165) is 11.8 Å². The van der Waals surface area contributed by atoms with Gasteiger partial charge in [0.2, 0.25) is 0 Å². The van der Waals surface area contributed by atoms with Gasteiger partial charge >= 0.3 is 0 Å². The van der Waals surface area contributed by atoms with Crippen molar-refractivity contribution in [3.63, 3.8) is 0 Å². The molecule has 1 saturated heterocycles. The molecular weight excluding hydrogens is 382 g/mol. The summed E-state index contributed by atoms with van der Waals surface area (Å²) in [6.07, 6.45) is -2.29. The minimum absolute atomic E-state index is 0.00735. The van der Waals surface area contributed by atoms with Crippen molar-refractivity contribution in [2.24, 2.45) is 5.11 Å². The van der Waals surface area contributed by atoms with Crippen LogP contribution in [0.2, 0.25) is 0 Å². The number of nitrogens with zero attached hydrogens (tertiary/aromatic N) is 3. The smallest absolute Gasteiger partial charge is 0.146 e. The SMILES string of the molecule is COCO[C@@H]1[C@@H](OCc2ccccc2)[C@H](OCOC)[C@@H](CN=[N+]=[N-])O[C@@H]1CC=O. The van der Waals surface area contributed by atoms with Crippen LogP contribution >= 0.6 is 0 Å². The van der Waals surface area contributed by atoms with Crippen LogP contribution in [-0.4, -0.2) is 71.2 Å². The lowest BCUT2D eigenvalue weighted by atomic mass is 9.92. The molecular formula is C19H27N3O7. The third-order valence-electron chi connectivity index (χ3n) is 4.43. The molecule has 0 aliphatic carbocycles. The van der Waals surface area contributed by atoms with Gasteiger partial charge in [0.05, 0.1) is 25.4 Å². The lowest BCUT2D eigenvalue weighted by molar-refractivity contribution is -0.279. The van der Waals surface area contributed by atoms with Crippen LogP contribution in [0.5, 0.6) is 0 Å². The van der Waals surface area contributed by atoms with Crippen molar-refractivity contribution in [3.8, 4) is 0 Å². The molecule has 0 unspecified atom stereocenters. The zero-order chi connectivity index (χ0) is 20.9. The van der Waals surface area contributed by atoms with E-state index in [2.05, 4.69) is 10.0 Å². The number of methoxy groups -OCH3 is 2. The van der Waals surface area contributed by atoms with Crippen LogP contribution in [-0.2, 0) is 39.8 Å². The molecule has 10 heteroatoms. The zero-order valence-corrected chi connectivity index (χ0v) is 16.6. The van der Waals surface area contributed by atoms with E-state index in [1.807, 2.05) is 30.3 Å². The van der Waals surface area contributed by atoms with E-state index >= 15 is 0 Å². The minimum Gasteiger partial charge on any atom is -0.369 e. The molecule has 1 fully saturated rings. The van der Waals surface area contributed by atoms with Crippen LogP contribution in [0.1, 0.15) is 12.0 Å². The first-order valence-electron chi connectivity index (χ1n) is 9.21. The second-order valence-corrected chi connectivity index (χ2v) is 6.37. The predicted molar refractivity (Wildman–Crippen MR) is 102 cm³/mol. The van der Waals surface area contributed by atoms with E-state index in [1.165, 1.54) is 14.2 Å². The second-order valence-electron chi connectivity index (χ2n) is 6.37. The number of ether oxygens (including phenoxy) is 6. The van der Waals surface area contributed by atoms with Gasteiger partial charge in [0.25, 0.3) is 0 Å². The van der Waals surface area contributed by atoms with E-state index in [-0.39, 0.29) is 26.6 Å². The molecule has 0 radical (unpaired) electrons. The van der Waals surface area contributed by atoms with Crippen molar-refractivity contribution in [2.75, 3.05) is 34.4 Å². The Kier molecular flexibility index (Phi) is 10.6. The average Bonchev–Trinajstić information content (AvgIpc) is 2.75. The summed E-state index contributed by atoms with van der Waals surface area (Å²) in [6, 6.07) is 9.63. The highest BCUT2D eigenvalue weighted by atomic mass is 16.7. The van der Waals surface area contributed by atoms with Gasteiger partial charge in [-0.1, -0.05) is 35.4 Å². The minimum atomic E-state index is -0.645. The first-order valence-corrected chi connectivity index (χ1v) is 9.21. The molecule has 2 rings (SSSR count). The molecule has 10 nitrogen and oxygen atoms in total. The molecule has 0 aromatic heterocycles. The lowest BCUT2D eigenvalue weighted by Gasteiger charge is -2.45. The predicted octanol–water partition coefficient (Wildman–Crippen LogP) is 2.22. The van der Waals surface area contributed by atoms with Gasteiger partial charge in [-0.15, -0.1) is 0 Å². The fraction of sp³-hybridized carbons (Fsp3) is 0.632. The summed E-state index contributed by atoms with van der Waals surface area (Å²) in [4.78, 5) is 14.0. The van der Waals surface area contributed by atoms with Crippen molar-refractivity contribution in [2.45, 2.75) is 43.5 Å². The zero-order valence-electron chi connectivity index (χ0n) is 16.6. The molecule has 0 N–H and O–H groups in total. The second kappa shape index (κ2) is 13.2. The number of hydrogen-bond acceptors (Lipinski definition) is 8. The van der Waals surface area contributed by atoms with Crippen LogP contribution in [0.3, 0.4) is 0 Å². The van der Waals surface area contributed by atoms with E-state index in [1.54, 1.807) is 0 Å². The summed E-state index contributed by atoms with van der Waals surface area (Å²) < 4.78 is 33.9. The molecule has 160 valence electrons. The summed E-state index contributed by atoms with van der Waals surface area (Å²) >= 11 is 0. The molecule has 0 bridgehead atoms. The fourth-order valence-electron chi connectivity index (χ4n) is 3.19. The topological polar surface area (TPSA) is 121 Å². The van der Waals surface area contributed by atoms with Crippen molar-refractivity contribution < 1.29 is 33.2 Å². The largest absolute Gasteiger partial charge is 0.369 e. The highest BCUT2D eigenvalue weighted by Crippen LogP contribution is 2.30. The Morgan fingerprint density at radius 3 is 2.28 bits per heavy atom. The lowest BCUT2D eigenvalue weighted by Crippen LogP contribution is -2.61. The van der Waals surface area contributed by atoms with Gasteiger partial charge in [-0.25, -0.2) is 0 Å². The van der Waals surface area contributed by atoms with Gasteiger partial charge in [0, 0.05) is 25.6 Å². The number of aldehydes is 1. The van der Waals surface area contributed by atoms with Crippen molar-refractivity contribution in [1.29, 1.82) is 0 Å². The van der Waals surface area contributed by atoms with Crippen LogP contribution < -0.4 is 0 Å². The first kappa shape index (κ1) is 23.2. The van der Waals surface area contributed by atoms with E-state index < -0.39 is 30.5 Å². The quantitative estimate of drug-likeness (QED) is 0.161. The number of rotatable bonds is 13. The third kappa shape index (κ3) is 7.06. The number of carbonyl (C=O) groups is 1. The monoisotopic (exact) mass is 409 g/mol. The molecule has 1 aliphatic rings. The Labute approximate surface area is 169 Å². The number of azide groups is 1. The number of hydrogen-bond donors (Lipinski definition) is 0. The molecule has 0 amide bonds. The van der Waals surface area contributed by atoms with Crippen LogP contribution in [0, 0.1) is 0 Å². The van der Waals surface area contributed by atoms with Crippen molar-refractivity contribution >= 4 is 6.29 Å². The van der Waals surface area contributed by atoms with Gasteiger partial charge in [0.1, 0.15) is 38.2 Å². The number of benzene rings is 1. The van der Waals surface area contributed by atoms with E-state index in [0.29, 0.717) is 6.61 Å². The Balaban J connectivity index is 2.29. The van der Waals surface area contributed by atoms with E-state index in [9.17, 15) is 4.79 Å². The summed E-state index contributed by atoms with van der Waals surface area (Å²) in [5.41, 5.74) is 9.69. The maximum atomic E-state index is 11.2. The third-order valence-corrected chi connectivity index (χ3v) is 4.43. The van der Waals surface area contributed by atoms with Crippen LogP contribution in [0.15, 0.2) is 35.4 Å². The highest BCUT2D eigenvalue weighted by molar-refractivity contribution is 5.50. The summed E-state index contributed by atoms with van der Waals surface area (Å²) in [5.74, 6) is 0. The van der Waals surface area contributed by atoms with Crippen molar-refractivity contribution in [3.05, 3.63) is 46.3 Å². The summed E-state index contributed by atoms with van der Waals surface area (Å²) in [7, 11) is 3.00. The Bertz CT molecular complexity index is 642. The Hall–Kier alpha value is -2.04. The Morgan fingerprint density at radius 1 is 1.03 bits per heavy atom. The molecule has 1 aromatic rings. The Morgan fingerprint density at radius 2 is 1.69 bits per heavy atom. The maximum Gasteiger partial charge on any atom is 0.146 e. The van der Waals surface area contributed by atoms with Gasteiger partial charge in [-0.2, -0.15) is 0 Å². The first-order chi connectivity index (χ1) is 14.2. The normalized spacial score (nSPS) is 26.6. The van der Waals surface area contributed by atoms with E-state index in [4.69, 9.17) is 34.0 Å². The standard InChI is InChI=1S/C19H27N3O7/c1-24-12-27-17-15(8-9-23)29-16(10-21-22-20)18(28-13-25-2)19(17)26-11-14-6-4-3-5-7-14/h3-7,9,15-19H,8,10-13H2,1-2H3/t15-,16-,17+,18-,19-/m1/s1. The van der Waals surface area contributed by atoms with Gasteiger partial charge in [-0.3, -0.25) is 0 Å².